The van der Waals surface area contributed by atoms with Gasteiger partial charge in [-0.25, -0.2) is 4.98 Å². The summed E-state index contributed by atoms with van der Waals surface area (Å²) in [5.41, 5.74) is 4.06. The Kier molecular flexibility index (Phi) is 4.41. The Morgan fingerprint density at radius 2 is 1.95 bits per heavy atom. The third-order valence-electron chi connectivity index (χ3n) is 4.08. The molecule has 1 unspecified atom stereocenters. The van der Waals surface area contributed by atoms with Crippen LogP contribution in [-0.4, -0.2) is 11.0 Å². The van der Waals surface area contributed by atoms with Crippen LogP contribution in [0.4, 0.5) is 0 Å². The number of fused-ring (bicyclic) bond motifs is 1. The van der Waals surface area contributed by atoms with Crippen molar-refractivity contribution in [3.05, 3.63) is 51.0 Å². The fourth-order valence-corrected chi connectivity index (χ4v) is 4.17. The smallest absolute Gasteiger partial charge is 0.115 e. The molecule has 3 rings (SSSR count). The van der Waals surface area contributed by atoms with Gasteiger partial charge in [0, 0.05) is 10.9 Å². The lowest BCUT2D eigenvalue weighted by Crippen LogP contribution is -2.29. The highest BCUT2D eigenvalue weighted by atomic mass is 32.1. The first-order valence-corrected chi connectivity index (χ1v) is 8.82. The van der Waals surface area contributed by atoms with E-state index in [0.29, 0.717) is 6.04 Å². The summed E-state index contributed by atoms with van der Waals surface area (Å²) in [6.07, 6.45) is 4.75. The zero-order valence-electron chi connectivity index (χ0n) is 13.1. The van der Waals surface area contributed by atoms with Gasteiger partial charge in [-0.05, 0) is 50.7 Å². The van der Waals surface area contributed by atoms with E-state index in [1.807, 2.05) is 11.3 Å². The highest BCUT2D eigenvalue weighted by Gasteiger charge is 2.23. The topological polar surface area (TPSA) is 24.9 Å². The van der Waals surface area contributed by atoms with Crippen molar-refractivity contribution in [3.63, 3.8) is 0 Å². The van der Waals surface area contributed by atoms with Gasteiger partial charge in [0.05, 0.1) is 11.7 Å². The Morgan fingerprint density at radius 3 is 2.57 bits per heavy atom. The number of hydrogen-bond donors (Lipinski definition) is 1. The van der Waals surface area contributed by atoms with E-state index in [2.05, 4.69) is 50.4 Å². The van der Waals surface area contributed by atoms with E-state index in [1.54, 1.807) is 0 Å². The predicted octanol–water partition coefficient (Wildman–Crippen LogP) is 4.28. The lowest BCUT2D eigenvalue weighted by Gasteiger charge is -2.20. The molecule has 1 N–H and O–H groups in total. The zero-order valence-corrected chi connectivity index (χ0v) is 14.0. The molecule has 1 heterocycles. The van der Waals surface area contributed by atoms with Gasteiger partial charge in [0.1, 0.15) is 5.01 Å². The van der Waals surface area contributed by atoms with Crippen LogP contribution in [0.15, 0.2) is 24.3 Å². The van der Waals surface area contributed by atoms with E-state index >= 15 is 0 Å². The Morgan fingerprint density at radius 1 is 1.19 bits per heavy atom. The maximum absolute atomic E-state index is 4.92. The SMILES string of the molecule is CCc1ccc(C(NC(C)C)c2nc3c(s2)CCC3)cc1. The average molecular weight is 300 g/mol. The van der Waals surface area contributed by atoms with Crippen molar-refractivity contribution >= 4 is 11.3 Å². The van der Waals surface area contributed by atoms with Crippen molar-refractivity contribution in [1.82, 2.24) is 10.3 Å². The molecule has 112 valence electrons. The molecule has 1 aliphatic rings. The summed E-state index contributed by atoms with van der Waals surface area (Å²) in [6.45, 7) is 6.60. The second kappa shape index (κ2) is 6.29. The van der Waals surface area contributed by atoms with Gasteiger partial charge in [0.25, 0.3) is 0 Å². The van der Waals surface area contributed by atoms with E-state index in [1.165, 1.54) is 39.5 Å². The first kappa shape index (κ1) is 14.7. The molecule has 0 spiro atoms. The molecule has 0 saturated heterocycles. The quantitative estimate of drug-likeness (QED) is 0.891. The maximum atomic E-state index is 4.92. The lowest BCUT2D eigenvalue weighted by molar-refractivity contribution is 0.526. The predicted molar refractivity (Wildman–Crippen MR) is 90.1 cm³/mol. The second-order valence-electron chi connectivity index (χ2n) is 6.13. The molecular formula is C18H24N2S. The zero-order chi connectivity index (χ0) is 14.8. The molecule has 1 aromatic heterocycles. The largest absolute Gasteiger partial charge is 0.302 e. The van der Waals surface area contributed by atoms with Crippen LogP contribution in [0, 0.1) is 0 Å². The highest BCUT2D eigenvalue weighted by molar-refractivity contribution is 7.11. The summed E-state index contributed by atoms with van der Waals surface area (Å²) in [4.78, 5) is 6.42. The minimum Gasteiger partial charge on any atom is -0.302 e. The van der Waals surface area contributed by atoms with Gasteiger partial charge >= 0.3 is 0 Å². The number of benzene rings is 1. The van der Waals surface area contributed by atoms with Crippen LogP contribution < -0.4 is 5.32 Å². The molecule has 1 aliphatic carbocycles. The van der Waals surface area contributed by atoms with E-state index in [4.69, 9.17) is 4.98 Å². The molecule has 0 bridgehead atoms. The van der Waals surface area contributed by atoms with Gasteiger partial charge in [-0.2, -0.15) is 0 Å². The van der Waals surface area contributed by atoms with Gasteiger partial charge in [0.2, 0.25) is 0 Å². The summed E-state index contributed by atoms with van der Waals surface area (Å²) in [7, 11) is 0. The van der Waals surface area contributed by atoms with Crippen LogP contribution in [0.3, 0.4) is 0 Å². The molecule has 0 fully saturated rings. The number of aryl methyl sites for hydroxylation is 3. The molecule has 1 atom stereocenters. The number of thiazole rings is 1. The lowest BCUT2D eigenvalue weighted by atomic mass is 10.0. The number of nitrogens with zero attached hydrogens (tertiary/aromatic N) is 1. The molecule has 0 radical (unpaired) electrons. The van der Waals surface area contributed by atoms with Crippen LogP contribution in [0.1, 0.15) is 59.9 Å². The van der Waals surface area contributed by atoms with Crippen LogP contribution in [-0.2, 0) is 19.3 Å². The second-order valence-corrected chi connectivity index (χ2v) is 7.24. The summed E-state index contributed by atoms with van der Waals surface area (Å²) in [6, 6.07) is 9.67. The minimum absolute atomic E-state index is 0.228. The number of hydrogen-bond acceptors (Lipinski definition) is 3. The first-order valence-electron chi connectivity index (χ1n) is 8.00. The molecule has 0 amide bonds. The fourth-order valence-electron chi connectivity index (χ4n) is 2.92. The van der Waals surface area contributed by atoms with Crippen LogP contribution >= 0.6 is 11.3 Å². The van der Waals surface area contributed by atoms with Gasteiger partial charge in [0.15, 0.2) is 0 Å². The molecular weight excluding hydrogens is 276 g/mol. The molecule has 0 aliphatic heterocycles. The Bertz CT molecular complexity index is 577. The van der Waals surface area contributed by atoms with Crippen molar-refractivity contribution in [2.24, 2.45) is 0 Å². The van der Waals surface area contributed by atoms with E-state index in [-0.39, 0.29) is 6.04 Å². The average Bonchev–Trinajstić information content (AvgIpc) is 3.06. The minimum atomic E-state index is 0.228. The van der Waals surface area contributed by atoms with E-state index < -0.39 is 0 Å². The Balaban J connectivity index is 1.92. The highest BCUT2D eigenvalue weighted by Crippen LogP contribution is 2.33. The molecule has 21 heavy (non-hydrogen) atoms. The Hall–Kier alpha value is -1.19. The first-order chi connectivity index (χ1) is 10.2. The summed E-state index contributed by atoms with van der Waals surface area (Å²) in [5.74, 6) is 0. The van der Waals surface area contributed by atoms with E-state index in [0.717, 1.165) is 12.8 Å². The summed E-state index contributed by atoms with van der Waals surface area (Å²) in [5, 5.41) is 4.92. The van der Waals surface area contributed by atoms with Crippen LogP contribution in [0.5, 0.6) is 0 Å². The monoisotopic (exact) mass is 300 g/mol. The van der Waals surface area contributed by atoms with Crippen molar-refractivity contribution in [2.45, 2.75) is 58.5 Å². The van der Waals surface area contributed by atoms with Crippen molar-refractivity contribution in [2.75, 3.05) is 0 Å². The van der Waals surface area contributed by atoms with Gasteiger partial charge < -0.3 is 5.32 Å². The van der Waals surface area contributed by atoms with Crippen molar-refractivity contribution < 1.29 is 0 Å². The molecule has 2 nitrogen and oxygen atoms in total. The van der Waals surface area contributed by atoms with Gasteiger partial charge in [-0.1, -0.05) is 31.2 Å². The maximum Gasteiger partial charge on any atom is 0.115 e. The standard InChI is InChI=1S/C18H24N2S/c1-4-13-8-10-14(11-9-13)17(19-12(2)3)18-20-15-6-5-7-16(15)21-18/h8-12,17,19H,4-7H2,1-3H3. The molecule has 2 aromatic rings. The van der Waals surface area contributed by atoms with Crippen LogP contribution in [0.2, 0.25) is 0 Å². The fraction of sp³-hybridized carbons (Fsp3) is 0.500. The molecule has 3 heteroatoms. The normalized spacial score (nSPS) is 15.4. The third-order valence-corrected chi connectivity index (χ3v) is 5.30. The number of aromatic nitrogens is 1. The number of nitrogens with one attached hydrogen (secondary N) is 1. The van der Waals surface area contributed by atoms with Gasteiger partial charge in [-0.15, -0.1) is 11.3 Å². The van der Waals surface area contributed by atoms with Crippen LogP contribution in [0.25, 0.3) is 0 Å². The summed E-state index contributed by atoms with van der Waals surface area (Å²) >= 11 is 1.90. The Labute approximate surface area is 131 Å². The van der Waals surface area contributed by atoms with Gasteiger partial charge in [-0.3, -0.25) is 0 Å². The molecule has 1 aromatic carbocycles. The summed E-state index contributed by atoms with van der Waals surface area (Å²) < 4.78 is 0. The van der Waals surface area contributed by atoms with E-state index in [9.17, 15) is 0 Å². The number of rotatable bonds is 5. The van der Waals surface area contributed by atoms with Crippen molar-refractivity contribution in [1.29, 1.82) is 0 Å². The van der Waals surface area contributed by atoms with Crippen molar-refractivity contribution in [3.8, 4) is 0 Å². The molecule has 0 saturated carbocycles. The third kappa shape index (κ3) is 3.19.